The van der Waals surface area contributed by atoms with Crippen molar-refractivity contribution in [2.24, 2.45) is 0 Å². The molecule has 0 radical (unpaired) electrons. The summed E-state index contributed by atoms with van der Waals surface area (Å²) in [5.74, 6) is 0.120. The van der Waals surface area contributed by atoms with Gasteiger partial charge in [0, 0.05) is 6.08 Å². The van der Waals surface area contributed by atoms with E-state index in [1.807, 2.05) is 18.2 Å². The minimum Gasteiger partial charge on any atom is -0.493 e. The lowest BCUT2D eigenvalue weighted by Gasteiger charge is -2.19. The van der Waals surface area contributed by atoms with Gasteiger partial charge in [-0.3, -0.25) is 4.79 Å². The second-order valence-corrected chi connectivity index (χ2v) is 4.20. The maximum Gasteiger partial charge on any atom is 0.162 e. The minimum absolute atomic E-state index is 0.120. The van der Waals surface area contributed by atoms with Gasteiger partial charge in [-0.2, -0.15) is 0 Å². The van der Waals surface area contributed by atoms with Crippen LogP contribution in [0.2, 0.25) is 0 Å². The van der Waals surface area contributed by atoms with Crippen molar-refractivity contribution >= 4 is 16.6 Å². The molecule has 2 nitrogen and oxygen atoms in total. The van der Waals surface area contributed by atoms with E-state index in [0.717, 1.165) is 5.56 Å². The molecule has 0 amide bonds. The first kappa shape index (κ1) is 10.1. The number of carbonyl (C=O) groups excluding carboxylic acids is 1. The van der Waals surface area contributed by atoms with Crippen LogP contribution in [0, 0.1) is 0 Å². The van der Waals surface area contributed by atoms with Crippen LogP contribution in [0.4, 0.5) is 0 Å². The number of benzene rings is 2. The van der Waals surface area contributed by atoms with Gasteiger partial charge in [0.15, 0.2) is 5.78 Å². The molecule has 2 aromatic carbocycles. The molecule has 84 valence electrons. The third-order valence-electron chi connectivity index (χ3n) is 3.03. The summed E-state index contributed by atoms with van der Waals surface area (Å²) in [6.45, 7) is 0. The molecule has 0 aromatic heterocycles. The zero-order valence-corrected chi connectivity index (χ0v) is 9.30. The van der Waals surface area contributed by atoms with Gasteiger partial charge in [-0.15, -0.1) is 0 Å². The smallest absolute Gasteiger partial charge is 0.162 e. The first-order chi connectivity index (χ1) is 8.33. The fraction of sp³-hybridized carbons (Fsp3) is 0.133. The summed E-state index contributed by atoms with van der Waals surface area (Å²) in [6, 6.07) is 14.4. The van der Waals surface area contributed by atoms with E-state index in [9.17, 15) is 4.79 Å². The minimum atomic E-state index is -0.142. The summed E-state index contributed by atoms with van der Waals surface area (Å²) in [6.07, 6.45) is 3.26. The molecule has 0 fully saturated rings. The van der Waals surface area contributed by atoms with Crippen molar-refractivity contribution in [2.75, 3.05) is 0 Å². The number of carbonyl (C=O) groups is 1. The fourth-order valence-electron chi connectivity index (χ4n) is 2.11. The van der Waals surface area contributed by atoms with E-state index in [2.05, 4.69) is 24.3 Å². The van der Waals surface area contributed by atoms with Crippen LogP contribution >= 0.6 is 0 Å². The lowest BCUT2D eigenvalue weighted by Crippen LogP contribution is -2.11. The SMILES string of the molecule is O=C1C=CO[C@@H](c2ccc3ccccc3c2)C1. The lowest BCUT2D eigenvalue weighted by atomic mass is 9.99. The van der Waals surface area contributed by atoms with Gasteiger partial charge in [-0.25, -0.2) is 0 Å². The molecule has 1 atom stereocenters. The average molecular weight is 224 g/mol. The molecule has 0 saturated carbocycles. The zero-order chi connectivity index (χ0) is 11.7. The summed E-state index contributed by atoms with van der Waals surface area (Å²) in [5.41, 5.74) is 1.06. The number of rotatable bonds is 1. The first-order valence-corrected chi connectivity index (χ1v) is 5.66. The molecule has 1 aliphatic rings. The highest BCUT2D eigenvalue weighted by Gasteiger charge is 2.18. The highest BCUT2D eigenvalue weighted by Crippen LogP contribution is 2.27. The van der Waals surface area contributed by atoms with E-state index in [-0.39, 0.29) is 11.9 Å². The summed E-state index contributed by atoms with van der Waals surface area (Å²) >= 11 is 0. The summed E-state index contributed by atoms with van der Waals surface area (Å²) in [5, 5.41) is 2.38. The van der Waals surface area contributed by atoms with E-state index in [1.165, 1.54) is 23.1 Å². The zero-order valence-electron chi connectivity index (χ0n) is 9.30. The molecule has 0 spiro atoms. The quantitative estimate of drug-likeness (QED) is 0.742. The topological polar surface area (TPSA) is 26.3 Å². The van der Waals surface area contributed by atoms with Gasteiger partial charge in [-0.1, -0.05) is 36.4 Å². The largest absolute Gasteiger partial charge is 0.493 e. The van der Waals surface area contributed by atoms with Gasteiger partial charge >= 0.3 is 0 Å². The van der Waals surface area contributed by atoms with Crippen molar-refractivity contribution in [1.82, 2.24) is 0 Å². The molecule has 0 saturated heterocycles. The van der Waals surface area contributed by atoms with Crippen molar-refractivity contribution in [3.63, 3.8) is 0 Å². The van der Waals surface area contributed by atoms with Crippen LogP contribution in [0.1, 0.15) is 18.1 Å². The Morgan fingerprint density at radius 2 is 1.88 bits per heavy atom. The van der Waals surface area contributed by atoms with E-state index in [1.54, 1.807) is 0 Å². The Labute approximate surface area is 99.5 Å². The van der Waals surface area contributed by atoms with Gasteiger partial charge in [0.25, 0.3) is 0 Å². The van der Waals surface area contributed by atoms with Crippen molar-refractivity contribution in [1.29, 1.82) is 0 Å². The van der Waals surface area contributed by atoms with Crippen LogP contribution in [0.15, 0.2) is 54.8 Å². The summed E-state index contributed by atoms with van der Waals surface area (Å²) in [4.78, 5) is 11.3. The average Bonchev–Trinajstić information content (AvgIpc) is 2.38. The van der Waals surface area contributed by atoms with E-state index >= 15 is 0 Å². The third-order valence-corrected chi connectivity index (χ3v) is 3.03. The number of allylic oxidation sites excluding steroid dienone is 1. The van der Waals surface area contributed by atoms with E-state index in [0.29, 0.717) is 6.42 Å². The summed E-state index contributed by atoms with van der Waals surface area (Å²) in [7, 11) is 0. The predicted octanol–water partition coefficient (Wildman–Crippen LogP) is 3.38. The van der Waals surface area contributed by atoms with Crippen LogP contribution in [0.5, 0.6) is 0 Å². The van der Waals surface area contributed by atoms with E-state index in [4.69, 9.17) is 4.74 Å². The summed E-state index contributed by atoms with van der Waals surface area (Å²) < 4.78 is 5.48. The van der Waals surface area contributed by atoms with Crippen molar-refractivity contribution < 1.29 is 9.53 Å². The van der Waals surface area contributed by atoms with Gasteiger partial charge in [-0.05, 0) is 22.4 Å². The third kappa shape index (κ3) is 1.94. The first-order valence-electron chi connectivity index (χ1n) is 5.66. The lowest BCUT2D eigenvalue weighted by molar-refractivity contribution is -0.118. The monoisotopic (exact) mass is 224 g/mol. The number of hydrogen-bond acceptors (Lipinski definition) is 2. The fourth-order valence-corrected chi connectivity index (χ4v) is 2.11. The van der Waals surface area contributed by atoms with Crippen LogP contribution < -0.4 is 0 Å². The molecule has 2 heteroatoms. The molecule has 2 aromatic rings. The number of ketones is 1. The highest BCUT2D eigenvalue weighted by atomic mass is 16.5. The second-order valence-electron chi connectivity index (χ2n) is 4.20. The standard InChI is InChI=1S/C15H12O2/c16-14-7-8-17-15(10-14)13-6-5-11-3-1-2-4-12(11)9-13/h1-9,15H,10H2/t15-/m1/s1. The van der Waals surface area contributed by atoms with Crippen molar-refractivity contribution in [3.05, 3.63) is 60.4 Å². The molecule has 0 bridgehead atoms. The maximum atomic E-state index is 11.3. The molecular weight excluding hydrogens is 212 g/mol. The number of ether oxygens (including phenoxy) is 1. The van der Waals surface area contributed by atoms with Crippen LogP contribution in [0.25, 0.3) is 10.8 Å². The molecule has 0 aliphatic carbocycles. The normalized spacial score (nSPS) is 19.3. The Morgan fingerprint density at radius 3 is 2.71 bits per heavy atom. The predicted molar refractivity (Wildman–Crippen MR) is 66.5 cm³/mol. The second kappa shape index (κ2) is 4.06. The van der Waals surface area contributed by atoms with Gasteiger partial charge in [0.2, 0.25) is 0 Å². The van der Waals surface area contributed by atoms with Crippen molar-refractivity contribution in [2.45, 2.75) is 12.5 Å². The van der Waals surface area contributed by atoms with Crippen LogP contribution in [-0.2, 0) is 9.53 Å². The molecular formula is C15H12O2. The molecule has 1 aliphatic heterocycles. The molecule has 3 rings (SSSR count). The Balaban J connectivity index is 2.00. The Hall–Kier alpha value is -2.09. The Kier molecular flexibility index (Phi) is 2.41. The van der Waals surface area contributed by atoms with E-state index < -0.39 is 0 Å². The van der Waals surface area contributed by atoms with Crippen molar-refractivity contribution in [3.8, 4) is 0 Å². The Bertz CT molecular complexity index is 599. The molecule has 1 heterocycles. The van der Waals surface area contributed by atoms with Crippen LogP contribution in [-0.4, -0.2) is 5.78 Å². The van der Waals surface area contributed by atoms with Crippen LogP contribution in [0.3, 0.4) is 0 Å². The van der Waals surface area contributed by atoms with Gasteiger partial charge in [0.05, 0.1) is 12.7 Å². The molecule has 0 unspecified atom stereocenters. The number of fused-ring (bicyclic) bond motifs is 1. The highest BCUT2D eigenvalue weighted by molar-refractivity contribution is 5.90. The maximum absolute atomic E-state index is 11.3. The number of hydrogen-bond donors (Lipinski definition) is 0. The van der Waals surface area contributed by atoms with Gasteiger partial charge in [0.1, 0.15) is 6.10 Å². The van der Waals surface area contributed by atoms with Gasteiger partial charge < -0.3 is 4.74 Å². The molecule has 0 N–H and O–H groups in total. The Morgan fingerprint density at radius 1 is 1.06 bits per heavy atom. The molecule has 17 heavy (non-hydrogen) atoms.